The summed E-state index contributed by atoms with van der Waals surface area (Å²) in [7, 11) is 0. The standard InChI is InChI=1S/C19H22N8/c1-3-17(27-13-22-23-14-27)4-2-16(1)25-7-9-26(10-8-25)19-21-6-5-18(24-19)15-11-20-12-15/h1-6,13-15,20H,7-12H2. The van der Waals surface area contributed by atoms with Gasteiger partial charge in [0.15, 0.2) is 0 Å². The molecule has 2 aliphatic rings. The molecule has 0 amide bonds. The van der Waals surface area contributed by atoms with E-state index in [2.05, 4.69) is 54.6 Å². The summed E-state index contributed by atoms with van der Waals surface area (Å²) in [6, 6.07) is 10.6. The predicted octanol–water partition coefficient (Wildman–Crippen LogP) is 1.07. The van der Waals surface area contributed by atoms with E-state index < -0.39 is 0 Å². The highest BCUT2D eigenvalue weighted by atomic mass is 15.3. The zero-order chi connectivity index (χ0) is 18.1. The first-order valence-electron chi connectivity index (χ1n) is 9.35. The maximum atomic E-state index is 4.80. The maximum absolute atomic E-state index is 4.80. The molecule has 0 radical (unpaired) electrons. The molecule has 2 aromatic heterocycles. The number of piperazine rings is 1. The van der Waals surface area contributed by atoms with Crippen molar-refractivity contribution in [3.63, 3.8) is 0 Å². The Labute approximate surface area is 157 Å². The molecule has 5 rings (SSSR count). The Hall–Kier alpha value is -3.00. The van der Waals surface area contributed by atoms with Gasteiger partial charge in [0.2, 0.25) is 5.95 Å². The molecular formula is C19H22N8. The van der Waals surface area contributed by atoms with Gasteiger partial charge >= 0.3 is 0 Å². The molecule has 0 bridgehead atoms. The number of benzene rings is 1. The molecule has 1 aromatic carbocycles. The minimum absolute atomic E-state index is 0.539. The van der Waals surface area contributed by atoms with Crippen LogP contribution in [0.1, 0.15) is 11.6 Å². The topological polar surface area (TPSA) is 75.0 Å². The fourth-order valence-corrected chi connectivity index (χ4v) is 3.57. The molecule has 8 heteroatoms. The monoisotopic (exact) mass is 362 g/mol. The van der Waals surface area contributed by atoms with E-state index in [1.165, 1.54) is 5.69 Å². The van der Waals surface area contributed by atoms with Gasteiger partial charge in [0.25, 0.3) is 0 Å². The van der Waals surface area contributed by atoms with Crippen LogP contribution in [0.4, 0.5) is 11.6 Å². The van der Waals surface area contributed by atoms with Gasteiger partial charge in [0.1, 0.15) is 12.7 Å². The summed E-state index contributed by atoms with van der Waals surface area (Å²) in [5.74, 6) is 1.40. The van der Waals surface area contributed by atoms with Crippen LogP contribution in [0, 0.1) is 0 Å². The average Bonchev–Trinajstić information content (AvgIpc) is 3.22. The predicted molar refractivity (Wildman–Crippen MR) is 103 cm³/mol. The lowest BCUT2D eigenvalue weighted by Gasteiger charge is -2.36. The molecule has 0 aliphatic carbocycles. The number of anilines is 2. The molecule has 1 N–H and O–H groups in total. The van der Waals surface area contributed by atoms with Gasteiger partial charge < -0.3 is 15.1 Å². The highest BCUT2D eigenvalue weighted by molar-refractivity contribution is 5.52. The van der Waals surface area contributed by atoms with Crippen LogP contribution in [0.15, 0.2) is 49.2 Å². The smallest absolute Gasteiger partial charge is 0.225 e. The largest absolute Gasteiger partial charge is 0.368 e. The summed E-state index contributed by atoms with van der Waals surface area (Å²) in [6.45, 7) is 5.83. The van der Waals surface area contributed by atoms with Crippen molar-refractivity contribution in [2.45, 2.75) is 5.92 Å². The lowest BCUT2D eigenvalue weighted by molar-refractivity contribution is 0.439. The summed E-state index contributed by atoms with van der Waals surface area (Å²) >= 11 is 0. The first kappa shape index (κ1) is 16.2. The Bertz CT molecular complexity index is 880. The SMILES string of the molecule is c1cc(C2CNC2)nc(N2CCN(c3ccc(-n4cnnc4)cc3)CC2)n1. The molecule has 3 aromatic rings. The van der Waals surface area contributed by atoms with Gasteiger partial charge in [-0.05, 0) is 30.3 Å². The molecular weight excluding hydrogens is 340 g/mol. The first-order valence-corrected chi connectivity index (χ1v) is 9.35. The van der Waals surface area contributed by atoms with Gasteiger partial charge in [-0.2, -0.15) is 0 Å². The minimum atomic E-state index is 0.539. The molecule has 138 valence electrons. The molecule has 27 heavy (non-hydrogen) atoms. The van der Waals surface area contributed by atoms with Crippen molar-refractivity contribution in [2.75, 3.05) is 49.1 Å². The highest BCUT2D eigenvalue weighted by Crippen LogP contribution is 2.22. The van der Waals surface area contributed by atoms with Gasteiger partial charge in [-0.15, -0.1) is 10.2 Å². The number of rotatable bonds is 4. The molecule has 2 fully saturated rings. The number of nitrogens with zero attached hydrogens (tertiary/aromatic N) is 7. The molecule has 0 saturated carbocycles. The van der Waals surface area contributed by atoms with Gasteiger partial charge in [-0.25, -0.2) is 9.97 Å². The third kappa shape index (κ3) is 3.23. The summed E-state index contributed by atoms with van der Waals surface area (Å²) in [5.41, 5.74) is 3.46. The lowest BCUT2D eigenvalue weighted by atomic mass is 9.99. The second-order valence-electron chi connectivity index (χ2n) is 7.00. The van der Waals surface area contributed by atoms with E-state index >= 15 is 0 Å². The van der Waals surface area contributed by atoms with Crippen LogP contribution in [-0.4, -0.2) is 64.0 Å². The van der Waals surface area contributed by atoms with E-state index in [1.807, 2.05) is 16.8 Å². The normalized spacial score (nSPS) is 17.8. The summed E-state index contributed by atoms with van der Waals surface area (Å²) in [5, 5.41) is 11.0. The average molecular weight is 362 g/mol. The van der Waals surface area contributed by atoms with Crippen molar-refractivity contribution in [1.29, 1.82) is 0 Å². The summed E-state index contributed by atoms with van der Waals surface area (Å²) in [6.07, 6.45) is 5.31. The molecule has 0 spiro atoms. The van der Waals surface area contributed by atoms with Crippen molar-refractivity contribution in [2.24, 2.45) is 0 Å². The van der Waals surface area contributed by atoms with Crippen LogP contribution in [0.2, 0.25) is 0 Å². The molecule has 0 unspecified atom stereocenters. The molecule has 4 heterocycles. The third-order valence-electron chi connectivity index (χ3n) is 5.36. The summed E-state index contributed by atoms with van der Waals surface area (Å²) in [4.78, 5) is 14.0. The molecule has 0 atom stereocenters. The van der Waals surface area contributed by atoms with Crippen LogP contribution >= 0.6 is 0 Å². The minimum Gasteiger partial charge on any atom is -0.368 e. The van der Waals surface area contributed by atoms with Gasteiger partial charge in [0.05, 0.1) is 5.69 Å². The maximum Gasteiger partial charge on any atom is 0.225 e. The van der Waals surface area contributed by atoms with Gasteiger partial charge in [0, 0.05) is 62.8 Å². The van der Waals surface area contributed by atoms with E-state index in [0.717, 1.165) is 56.6 Å². The Morgan fingerprint density at radius 3 is 2.15 bits per heavy atom. The fourth-order valence-electron chi connectivity index (χ4n) is 3.57. The van der Waals surface area contributed by atoms with Gasteiger partial charge in [-0.1, -0.05) is 0 Å². The lowest BCUT2D eigenvalue weighted by Crippen LogP contribution is -2.47. The summed E-state index contributed by atoms with van der Waals surface area (Å²) < 4.78 is 1.91. The number of nitrogens with one attached hydrogen (secondary N) is 1. The van der Waals surface area contributed by atoms with Crippen molar-refractivity contribution >= 4 is 11.6 Å². The Morgan fingerprint density at radius 1 is 0.815 bits per heavy atom. The number of hydrogen-bond acceptors (Lipinski definition) is 7. The van der Waals surface area contributed by atoms with Crippen molar-refractivity contribution in [1.82, 2.24) is 30.0 Å². The number of aromatic nitrogens is 5. The van der Waals surface area contributed by atoms with Crippen LogP contribution in [0.25, 0.3) is 5.69 Å². The van der Waals surface area contributed by atoms with Crippen molar-refractivity contribution < 1.29 is 0 Å². The quantitative estimate of drug-likeness (QED) is 0.744. The van der Waals surface area contributed by atoms with E-state index in [1.54, 1.807) is 12.7 Å². The van der Waals surface area contributed by atoms with Crippen LogP contribution in [-0.2, 0) is 0 Å². The second-order valence-corrected chi connectivity index (χ2v) is 7.00. The zero-order valence-electron chi connectivity index (χ0n) is 15.1. The van der Waals surface area contributed by atoms with Crippen molar-refractivity contribution in [3.05, 3.63) is 54.9 Å². The molecule has 2 saturated heterocycles. The second kappa shape index (κ2) is 6.96. The van der Waals surface area contributed by atoms with Crippen LogP contribution < -0.4 is 15.1 Å². The van der Waals surface area contributed by atoms with Gasteiger partial charge in [-0.3, -0.25) is 4.57 Å². The van der Waals surface area contributed by atoms with E-state index in [0.29, 0.717) is 5.92 Å². The highest BCUT2D eigenvalue weighted by Gasteiger charge is 2.23. The molecule has 2 aliphatic heterocycles. The van der Waals surface area contributed by atoms with Crippen molar-refractivity contribution in [3.8, 4) is 5.69 Å². The van der Waals surface area contributed by atoms with E-state index in [9.17, 15) is 0 Å². The number of hydrogen-bond donors (Lipinski definition) is 1. The Kier molecular flexibility index (Phi) is 4.17. The van der Waals surface area contributed by atoms with Crippen LogP contribution in [0.3, 0.4) is 0 Å². The Balaban J connectivity index is 1.24. The third-order valence-corrected chi connectivity index (χ3v) is 5.36. The van der Waals surface area contributed by atoms with Crippen LogP contribution in [0.5, 0.6) is 0 Å². The zero-order valence-corrected chi connectivity index (χ0v) is 15.1. The van der Waals surface area contributed by atoms with E-state index in [-0.39, 0.29) is 0 Å². The first-order chi connectivity index (χ1) is 13.4. The Morgan fingerprint density at radius 2 is 1.48 bits per heavy atom. The fraction of sp³-hybridized carbons (Fsp3) is 0.368. The molecule has 8 nitrogen and oxygen atoms in total. The van der Waals surface area contributed by atoms with E-state index in [4.69, 9.17) is 4.98 Å².